The number of nitrogens with one attached hydrogen (secondary N) is 2. The van der Waals surface area contributed by atoms with E-state index in [1.165, 1.54) is 26.4 Å². The van der Waals surface area contributed by atoms with Gasteiger partial charge in [-0.25, -0.2) is 8.78 Å². The van der Waals surface area contributed by atoms with Crippen LogP contribution in [0.1, 0.15) is 15.9 Å². The minimum atomic E-state index is -0.624. The summed E-state index contributed by atoms with van der Waals surface area (Å²) in [6.07, 6.45) is 0. The van der Waals surface area contributed by atoms with Crippen molar-refractivity contribution in [3.63, 3.8) is 0 Å². The maximum absolute atomic E-state index is 13.5. The molecule has 8 heteroatoms. The molecule has 0 saturated carbocycles. The Labute approximate surface area is 149 Å². The largest absolute Gasteiger partial charge is 0.493 e. The number of carbonyl (C=O) groups excluding carboxylic acids is 2. The zero-order chi connectivity index (χ0) is 19.1. The number of carbonyl (C=O) groups is 2. The number of amides is 2. The van der Waals surface area contributed by atoms with E-state index in [1.807, 2.05) is 0 Å². The first-order valence-electron chi connectivity index (χ1n) is 7.65. The van der Waals surface area contributed by atoms with E-state index in [0.29, 0.717) is 11.5 Å². The maximum atomic E-state index is 13.5. The van der Waals surface area contributed by atoms with Crippen LogP contribution in [0.3, 0.4) is 0 Å². The van der Waals surface area contributed by atoms with Crippen LogP contribution in [0, 0.1) is 11.6 Å². The van der Waals surface area contributed by atoms with Gasteiger partial charge in [0, 0.05) is 17.7 Å². The Hall–Kier alpha value is -3.16. The predicted octanol–water partition coefficient (Wildman–Crippen LogP) is 2.03. The maximum Gasteiger partial charge on any atom is 0.251 e. The number of methoxy groups -OCH3 is 2. The van der Waals surface area contributed by atoms with Crippen LogP contribution in [0.2, 0.25) is 0 Å². The Morgan fingerprint density at radius 3 is 2.38 bits per heavy atom. The second-order valence-corrected chi connectivity index (χ2v) is 5.26. The molecular weight excluding hydrogens is 346 g/mol. The molecule has 2 amide bonds. The monoisotopic (exact) mass is 364 g/mol. The summed E-state index contributed by atoms with van der Waals surface area (Å²) in [6, 6.07) is 7.54. The van der Waals surface area contributed by atoms with E-state index in [9.17, 15) is 18.4 Å². The van der Waals surface area contributed by atoms with Crippen molar-refractivity contribution in [1.82, 2.24) is 10.6 Å². The Morgan fingerprint density at radius 1 is 0.962 bits per heavy atom. The van der Waals surface area contributed by atoms with Crippen LogP contribution in [0.4, 0.5) is 8.78 Å². The number of hydrogen-bond donors (Lipinski definition) is 2. The van der Waals surface area contributed by atoms with Gasteiger partial charge in [-0.3, -0.25) is 9.59 Å². The summed E-state index contributed by atoms with van der Waals surface area (Å²) >= 11 is 0. The van der Waals surface area contributed by atoms with Crippen LogP contribution in [-0.2, 0) is 11.3 Å². The Morgan fingerprint density at radius 2 is 1.69 bits per heavy atom. The smallest absolute Gasteiger partial charge is 0.251 e. The van der Waals surface area contributed by atoms with E-state index in [4.69, 9.17) is 9.47 Å². The summed E-state index contributed by atoms with van der Waals surface area (Å²) in [4.78, 5) is 23.9. The van der Waals surface area contributed by atoms with Crippen LogP contribution in [0.5, 0.6) is 11.5 Å². The average Bonchev–Trinajstić information content (AvgIpc) is 2.66. The second kappa shape index (κ2) is 8.80. The van der Waals surface area contributed by atoms with Crippen LogP contribution in [0.15, 0.2) is 36.4 Å². The first kappa shape index (κ1) is 19.2. The van der Waals surface area contributed by atoms with Gasteiger partial charge >= 0.3 is 0 Å². The summed E-state index contributed by atoms with van der Waals surface area (Å²) < 4.78 is 36.7. The molecule has 0 atom stereocenters. The number of hydrogen-bond acceptors (Lipinski definition) is 4. The van der Waals surface area contributed by atoms with E-state index < -0.39 is 23.4 Å². The van der Waals surface area contributed by atoms with Gasteiger partial charge in [0.25, 0.3) is 5.91 Å². The van der Waals surface area contributed by atoms with E-state index in [0.717, 1.165) is 18.2 Å². The second-order valence-electron chi connectivity index (χ2n) is 5.26. The molecule has 2 rings (SSSR count). The van der Waals surface area contributed by atoms with Gasteiger partial charge in [-0.2, -0.15) is 0 Å². The highest BCUT2D eigenvalue weighted by Crippen LogP contribution is 2.27. The molecule has 0 aliphatic rings. The molecule has 0 aliphatic carbocycles. The van der Waals surface area contributed by atoms with Crippen LogP contribution < -0.4 is 20.1 Å². The molecule has 0 aliphatic heterocycles. The molecule has 0 unspecified atom stereocenters. The highest BCUT2D eigenvalue weighted by molar-refractivity contribution is 5.97. The Bertz CT molecular complexity index is 812. The van der Waals surface area contributed by atoms with Gasteiger partial charge in [-0.05, 0) is 36.4 Å². The first-order chi connectivity index (χ1) is 12.4. The van der Waals surface area contributed by atoms with Gasteiger partial charge in [0.15, 0.2) is 11.5 Å². The quantitative estimate of drug-likeness (QED) is 0.788. The molecule has 26 heavy (non-hydrogen) atoms. The lowest BCUT2D eigenvalue weighted by Crippen LogP contribution is -2.36. The van der Waals surface area contributed by atoms with E-state index >= 15 is 0 Å². The third kappa shape index (κ3) is 4.92. The van der Waals surface area contributed by atoms with Gasteiger partial charge in [-0.1, -0.05) is 0 Å². The van der Waals surface area contributed by atoms with Crippen molar-refractivity contribution < 1.29 is 27.8 Å². The third-order valence-corrected chi connectivity index (χ3v) is 3.54. The van der Waals surface area contributed by atoms with Crippen molar-refractivity contribution >= 4 is 11.8 Å². The minimum absolute atomic E-state index is 0.0181. The van der Waals surface area contributed by atoms with E-state index in [2.05, 4.69) is 10.6 Å². The zero-order valence-electron chi connectivity index (χ0n) is 14.3. The summed E-state index contributed by atoms with van der Waals surface area (Å²) in [5.74, 6) is -1.40. The summed E-state index contributed by atoms with van der Waals surface area (Å²) in [5.41, 5.74) is 0.302. The summed E-state index contributed by atoms with van der Waals surface area (Å²) in [7, 11) is 2.92. The van der Waals surface area contributed by atoms with Crippen LogP contribution >= 0.6 is 0 Å². The molecule has 6 nitrogen and oxygen atoms in total. The normalized spacial score (nSPS) is 10.2. The average molecular weight is 364 g/mol. The van der Waals surface area contributed by atoms with Crippen molar-refractivity contribution in [3.05, 3.63) is 59.2 Å². The fourth-order valence-corrected chi connectivity index (χ4v) is 2.18. The Kier molecular flexibility index (Phi) is 6.48. The molecular formula is C18H18F2N2O4. The summed E-state index contributed by atoms with van der Waals surface area (Å²) in [5, 5.41) is 4.84. The number of ether oxygens (including phenoxy) is 2. The first-order valence-corrected chi connectivity index (χ1v) is 7.65. The molecule has 0 fully saturated rings. The van der Waals surface area contributed by atoms with Crippen molar-refractivity contribution in [2.24, 2.45) is 0 Å². The van der Waals surface area contributed by atoms with Crippen LogP contribution in [-0.4, -0.2) is 32.6 Å². The van der Waals surface area contributed by atoms with Crippen molar-refractivity contribution in [3.8, 4) is 11.5 Å². The van der Waals surface area contributed by atoms with E-state index in [-0.39, 0.29) is 24.2 Å². The van der Waals surface area contributed by atoms with Gasteiger partial charge < -0.3 is 20.1 Å². The molecule has 0 spiro atoms. The van der Waals surface area contributed by atoms with Gasteiger partial charge in [0.1, 0.15) is 11.6 Å². The topological polar surface area (TPSA) is 76.7 Å². The van der Waals surface area contributed by atoms with Gasteiger partial charge in [-0.15, -0.1) is 0 Å². The molecule has 0 saturated heterocycles. The molecule has 0 radical (unpaired) electrons. The number of benzene rings is 2. The lowest BCUT2D eigenvalue weighted by Gasteiger charge is -2.10. The molecule has 0 aromatic heterocycles. The summed E-state index contributed by atoms with van der Waals surface area (Å²) in [6.45, 7) is -0.501. The predicted molar refractivity (Wildman–Crippen MR) is 90.1 cm³/mol. The van der Waals surface area contributed by atoms with Gasteiger partial charge in [0.2, 0.25) is 5.91 Å². The van der Waals surface area contributed by atoms with Crippen molar-refractivity contribution in [1.29, 1.82) is 0 Å². The Balaban J connectivity index is 1.88. The SMILES string of the molecule is COc1ccc(C(=O)NCC(=O)NCc2cc(F)ccc2F)cc1OC. The number of halogens is 2. The molecule has 2 N–H and O–H groups in total. The fraction of sp³-hybridized carbons (Fsp3) is 0.222. The van der Waals surface area contributed by atoms with Crippen molar-refractivity contribution in [2.45, 2.75) is 6.54 Å². The lowest BCUT2D eigenvalue weighted by molar-refractivity contribution is -0.120. The van der Waals surface area contributed by atoms with E-state index in [1.54, 1.807) is 6.07 Å². The fourth-order valence-electron chi connectivity index (χ4n) is 2.18. The molecule has 0 heterocycles. The third-order valence-electron chi connectivity index (χ3n) is 3.54. The standard InChI is InChI=1S/C18H18F2N2O4/c1-25-15-6-3-11(8-16(15)26-2)18(24)22-10-17(23)21-9-12-7-13(19)4-5-14(12)20/h3-8H,9-10H2,1-2H3,(H,21,23)(H,22,24). The lowest BCUT2D eigenvalue weighted by atomic mass is 10.2. The highest BCUT2D eigenvalue weighted by Gasteiger charge is 2.12. The molecule has 0 bridgehead atoms. The highest BCUT2D eigenvalue weighted by atomic mass is 19.1. The minimum Gasteiger partial charge on any atom is -0.493 e. The molecule has 138 valence electrons. The van der Waals surface area contributed by atoms with Crippen LogP contribution in [0.25, 0.3) is 0 Å². The van der Waals surface area contributed by atoms with Crippen molar-refractivity contribution in [2.75, 3.05) is 20.8 Å². The zero-order valence-corrected chi connectivity index (χ0v) is 14.3. The molecule has 2 aromatic rings. The van der Waals surface area contributed by atoms with Gasteiger partial charge in [0.05, 0.1) is 20.8 Å². The molecule has 2 aromatic carbocycles. The number of rotatable bonds is 7.